The molecule has 0 bridgehead atoms. The molecule has 18 heteroatoms. The molecule has 466 valence electrons. The van der Waals surface area contributed by atoms with Gasteiger partial charge in [-0.05, 0) is 246 Å². The number of aromatic nitrogens is 6. The third-order valence-electron chi connectivity index (χ3n) is 16.1. The van der Waals surface area contributed by atoms with E-state index in [9.17, 15) is 54.9 Å². The van der Waals surface area contributed by atoms with Crippen LogP contribution in [0.1, 0.15) is 66.0 Å². The number of carbonyl (C=O) groups is 1. The summed E-state index contributed by atoms with van der Waals surface area (Å²) in [5.41, 5.74) is 20.3. The van der Waals surface area contributed by atoms with Crippen LogP contribution in [0.4, 0.5) is 0 Å². The number of benzene rings is 9. The summed E-state index contributed by atoms with van der Waals surface area (Å²) in [5.74, 6) is 3.71. The average molecular weight is 1250 g/mol. The summed E-state index contributed by atoms with van der Waals surface area (Å²) in [4.78, 5) is 54.6. The molecule has 9 aromatic carbocycles. The van der Waals surface area contributed by atoms with Gasteiger partial charge in [-0.3, -0.25) is 9.36 Å². The summed E-state index contributed by atoms with van der Waals surface area (Å²) in [6, 6.07) is 45.8. The lowest BCUT2D eigenvalue weighted by Gasteiger charge is -2.10. The van der Waals surface area contributed by atoms with Crippen molar-refractivity contribution in [2.75, 3.05) is 0 Å². The van der Waals surface area contributed by atoms with Gasteiger partial charge in [0.25, 0.3) is 0 Å². The monoisotopic (exact) mass is 1250 g/mol. The van der Waals surface area contributed by atoms with Crippen molar-refractivity contribution in [1.29, 1.82) is 0 Å². The van der Waals surface area contributed by atoms with Crippen LogP contribution in [0.3, 0.4) is 0 Å². The summed E-state index contributed by atoms with van der Waals surface area (Å²) in [5, 5.41) is 70.0. The molecule has 0 spiro atoms. The van der Waals surface area contributed by atoms with Gasteiger partial charge < -0.3 is 60.5 Å². The molecule has 0 saturated heterocycles. The normalized spacial score (nSPS) is 11.2. The van der Waals surface area contributed by atoms with E-state index in [4.69, 9.17) is 15.0 Å². The van der Waals surface area contributed by atoms with Gasteiger partial charge >= 0.3 is 7.60 Å². The number of aromatic hydroxyl groups is 7. The number of hydrogen-bond donors (Lipinski definition) is 12. The number of aryl methyl sites for hydroxylation is 10. The zero-order valence-electron chi connectivity index (χ0n) is 52.2. The zero-order chi connectivity index (χ0) is 66.2. The van der Waals surface area contributed by atoms with E-state index in [1.807, 2.05) is 154 Å². The number of hydrogen-bond acceptors (Lipinski definition) is 12. The largest absolute Gasteiger partial charge is 0.508 e. The van der Waals surface area contributed by atoms with E-state index in [2.05, 4.69) is 15.0 Å². The van der Waals surface area contributed by atoms with Crippen LogP contribution in [-0.2, 0) is 4.57 Å². The van der Waals surface area contributed by atoms with Crippen LogP contribution in [0, 0.1) is 69.2 Å². The Kier molecular flexibility index (Phi) is 18.0. The van der Waals surface area contributed by atoms with Crippen LogP contribution in [0.5, 0.6) is 40.2 Å². The molecule has 0 amide bonds. The average Bonchev–Trinajstić information content (AvgIpc) is 1.64. The van der Waals surface area contributed by atoms with E-state index >= 15 is 0 Å². The Balaban J connectivity index is 0.000000152. The standard InChI is InChI=1S/C27H28N2O3.C24H21N2O5P.C23H20N2O3/c1-13-7-19(8-14(2)24(13)30)22-23(20-9-15(3)25(31)16(4)10-20)29-27(28-22)21-11-17(5)26(32)18(6)12-21;1-14-11-19(12-15(2)23(14)28)24-25-21(17-5-3-16(13-27)4-6-17)22(26-24)18-7-9-20(10-8-18)32(29,30)31;1-13-11-17(12-14(2)22(13)28)23-24-20(15-3-7-18(26)8-4-15)21(25-23)16-5-9-19(27)10-6-16/h7-12,30-32H,1-6H3,(H,28,29);3-13,28H,1-2H3,(H,25,26)(H2,29,30,31);3-12,26-28H,1-2H3,(H,24,25). The molecule has 12 aromatic rings. The molecule has 12 N–H and O–H groups in total. The van der Waals surface area contributed by atoms with Crippen LogP contribution in [0.25, 0.3) is 102 Å². The second-order valence-corrected chi connectivity index (χ2v) is 24.7. The van der Waals surface area contributed by atoms with Crippen molar-refractivity contribution >= 4 is 19.2 Å². The molecule has 3 aromatic heterocycles. The Hall–Kier alpha value is -11.0. The number of aldehydes is 1. The van der Waals surface area contributed by atoms with Crippen LogP contribution < -0.4 is 5.30 Å². The number of phenolic OH excluding ortho intramolecular Hbond substituents is 7. The summed E-state index contributed by atoms with van der Waals surface area (Å²) in [7, 11) is -4.35. The predicted molar refractivity (Wildman–Crippen MR) is 361 cm³/mol. The van der Waals surface area contributed by atoms with Crippen molar-refractivity contribution in [2.45, 2.75) is 69.2 Å². The highest BCUT2D eigenvalue weighted by Gasteiger charge is 2.23. The molecule has 0 saturated carbocycles. The highest BCUT2D eigenvalue weighted by atomic mass is 31.2. The van der Waals surface area contributed by atoms with Crippen molar-refractivity contribution in [1.82, 2.24) is 29.9 Å². The number of nitrogens with one attached hydrogen (secondary N) is 3. The van der Waals surface area contributed by atoms with E-state index in [0.717, 1.165) is 129 Å². The molecule has 3 heterocycles. The maximum Gasteiger partial charge on any atom is 0.356 e. The van der Waals surface area contributed by atoms with E-state index in [-0.39, 0.29) is 45.6 Å². The smallest absolute Gasteiger partial charge is 0.356 e. The lowest BCUT2D eigenvalue weighted by molar-refractivity contribution is 0.112. The van der Waals surface area contributed by atoms with Gasteiger partial charge in [-0.25, -0.2) is 15.0 Å². The van der Waals surface area contributed by atoms with Crippen molar-refractivity contribution in [3.8, 4) is 142 Å². The lowest BCUT2D eigenvalue weighted by atomic mass is 9.98. The first-order chi connectivity index (χ1) is 43.6. The molecule has 0 unspecified atom stereocenters. The van der Waals surface area contributed by atoms with Gasteiger partial charge in [-0.2, -0.15) is 0 Å². The first kappa shape index (κ1) is 64.0. The maximum absolute atomic E-state index is 11.5. The van der Waals surface area contributed by atoms with E-state index in [0.29, 0.717) is 40.0 Å². The minimum absolute atomic E-state index is 0.0670. The molecule has 0 fully saturated rings. The summed E-state index contributed by atoms with van der Waals surface area (Å²) in [6.45, 7) is 18.6. The molecule has 0 aliphatic carbocycles. The number of phenols is 7. The van der Waals surface area contributed by atoms with Gasteiger partial charge in [0, 0.05) is 55.6 Å². The lowest BCUT2D eigenvalue weighted by Crippen LogP contribution is -2.02. The number of rotatable bonds is 11. The molecule has 0 aliphatic heterocycles. The molecule has 92 heavy (non-hydrogen) atoms. The highest BCUT2D eigenvalue weighted by Crippen LogP contribution is 2.42. The minimum Gasteiger partial charge on any atom is -0.508 e. The third-order valence-corrected chi connectivity index (χ3v) is 17.0. The first-order valence-electron chi connectivity index (χ1n) is 29.3. The van der Waals surface area contributed by atoms with Crippen molar-refractivity contribution in [3.63, 3.8) is 0 Å². The van der Waals surface area contributed by atoms with E-state index < -0.39 is 7.60 Å². The van der Waals surface area contributed by atoms with Gasteiger partial charge in [0.2, 0.25) is 0 Å². The van der Waals surface area contributed by atoms with Gasteiger partial charge in [0.1, 0.15) is 64.0 Å². The Morgan fingerprint density at radius 3 is 0.848 bits per heavy atom. The van der Waals surface area contributed by atoms with Crippen LogP contribution in [0.15, 0.2) is 158 Å². The van der Waals surface area contributed by atoms with Crippen LogP contribution in [0.2, 0.25) is 0 Å². The summed E-state index contributed by atoms with van der Waals surface area (Å²) in [6.07, 6.45) is 0.767. The van der Waals surface area contributed by atoms with E-state index in [1.165, 1.54) is 12.1 Å². The highest BCUT2D eigenvalue weighted by molar-refractivity contribution is 7.60. The molecule has 12 rings (SSSR count). The number of H-pyrrole nitrogens is 3. The van der Waals surface area contributed by atoms with Crippen LogP contribution in [-0.4, -0.2) is 81.7 Å². The Labute approximate surface area is 531 Å². The fourth-order valence-electron chi connectivity index (χ4n) is 11.0. The van der Waals surface area contributed by atoms with Gasteiger partial charge in [0.05, 0.1) is 39.5 Å². The van der Waals surface area contributed by atoms with Crippen LogP contribution >= 0.6 is 7.60 Å². The topological polar surface area (TPSA) is 302 Å². The molecule has 0 aliphatic rings. The van der Waals surface area contributed by atoms with Gasteiger partial charge in [-0.1, -0.05) is 36.4 Å². The second-order valence-electron chi connectivity index (χ2n) is 23.1. The number of imidazole rings is 3. The fraction of sp³-hybridized carbons (Fsp3) is 0.135. The summed E-state index contributed by atoms with van der Waals surface area (Å²) >= 11 is 0. The molecular formula is C74H69N6O11P. The fourth-order valence-corrected chi connectivity index (χ4v) is 11.6. The number of aromatic amines is 3. The van der Waals surface area contributed by atoms with Crippen molar-refractivity contribution in [3.05, 3.63) is 219 Å². The predicted octanol–water partition coefficient (Wildman–Crippen LogP) is 15.9. The third kappa shape index (κ3) is 13.5. The zero-order valence-corrected chi connectivity index (χ0v) is 53.1. The molecule has 0 atom stereocenters. The maximum atomic E-state index is 11.5. The molecule has 0 radical (unpaired) electrons. The number of nitrogens with zero attached hydrogens (tertiary/aromatic N) is 3. The van der Waals surface area contributed by atoms with Gasteiger partial charge in [-0.15, -0.1) is 0 Å². The summed E-state index contributed by atoms with van der Waals surface area (Å²) < 4.78 is 11.5. The SMILES string of the molecule is Cc1cc(-c2nc(-c3cc(C)c(O)c(C)c3)c(-c3cc(C)c(O)c(C)c3)[nH]2)cc(C)c1O.Cc1cc(-c2nc(-c3ccc(C=O)cc3)c(-c3ccc(P(=O)(O)O)cc3)[nH]2)cc(C)c1O.Cc1cc(-c2nc(-c3ccc(O)cc3)c(-c3ccc(O)cc3)[nH]2)cc(C)c1O. The molecule has 17 nitrogen and oxygen atoms in total. The van der Waals surface area contributed by atoms with Crippen molar-refractivity contribution in [2.24, 2.45) is 0 Å². The Morgan fingerprint density at radius 1 is 0.315 bits per heavy atom. The quantitative estimate of drug-likeness (QED) is 0.0424. The van der Waals surface area contributed by atoms with Crippen molar-refractivity contribution < 1.29 is 54.9 Å². The second kappa shape index (κ2) is 25.9. The van der Waals surface area contributed by atoms with E-state index in [1.54, 1.807) is 60.7 Å². The molecular weight excluding hydrogens is 1180 g/mol. The Morgan fingerprint density at radius 2 is 0.554 bits per heavy atom. The number of carbonyl (C=O) groups excluding carboxylic acids is 1. The first-order valence-corrected chi connectivity index (χ1v) is 30.9. The van der Waals surface area contributed by atoms with Gasteiger partial charge in [0.15, 0.2) is 0 Å². The minimum atomic E-state index is -4.35. The Bertz CT molecular complexity index is 4580.